The lowest BCUT2D eigenvalue weighted by Gasteiger charge is -2.14. The summed E-state index contributed by atoms with van der Waals surface area (Å²) in [5, 5.41) is 11.6. The molecule has 0 spiro atoms. The normalized spacial score (nSPS) is 16.1. The molecule has 5 nitrogen and oxygen atoms in total. The van der Waals surface area contributed by atoms with E-state index in [0.29, 0.717) is 11.3 Å². The van der Waals surface area contributed by atoms with E-state index in [9.17, 15) is 9.59 Å². The molecule has 0 radical (unpaired) electrons. The molecule has 1 aromatic rings. The number of nitrogens with one attached hydrogen (secondary N) is 1. The number of hydrogen-bond donors (Lipinski definition) is 3. The lowest BCUT2D eigenvalue weighted by atomic mass is 10.1. The van der Waals surface area contributed by atoms with E-state index in [-0.39, 0.29) is 11.8 Å². The fourth-order valence-electron chi connectivity index (χ4n) is 1.85. The van der Waals surface area contributed by atoms with Crippen LogP contribution in [0.15, 0.2) is 18.2 Å². The predicted octanol–water partition coefficient (Wildman–Crippen LogP) is 1.17. The van der Waals surface area contributed by atoms with Crippen LogP contribution in [-0.2, 0) is 4.79 Å². The molecule has 0 bridgehead atoms. The molecule has 1 aliphatic rings. The second-order valence-corrected chi connectivity index (χ2v) is 4.70. The average molecular weight is 248 g/mol. The van der Waals surface area contributed by atoms with Gasteiger partial charge in [-0.05, 0) is 49.4 Å². The summed E-state index contributed by atoms with van der Waals surface area (Å²) in [5.74, 6) is -1.27. The SMILES string of the molecule is Cc1cc(C(=O)NC(C(=O)O)C2CC2)ccc1N. The second kappa shape index (κ2) is 4.68. The van der Waals surface area contributed by atoms with Crippen LogP contribution in [0.2, 0.25) is 0 Å². The van der Waals surface area contributed by atoms with E-state index in [4.69, 9.17) is 10.8 Å². The van der Waals surface area contributed by atoms with Crippen molar-refractivity contribution in [1.82, 2.24) is 5.32 Å². The van der Waals surface area contributed by atoms with E-state index < -0.39 is 12.0 Å². The minimum Gasteiger partial charge on any atom is -0.480 e. The van der Waals surface area contributed by atoms with Crippen LogP contribution in [0, 0.1) is 12.8 Å². The third-order valence-corrected chi connectivity index (χ3v) is 3.18. The maximum atomic E-state index is 11.9. The summed E-state index contributed by atoms with van der Waals surface area (Å²) >= 11 is 0. The maximum absolute atomic E-state index is 11.9. The van der Waals surface area contributed by atoms with Gasteiger partial charge < -0.3 is 16.2 Å². The number of hydrogen-bond acceptors (Lipinski definition) is 3. The summed E-state index contributed by atoms with van der Waals surface area (Å²) in [7, 11) is 0. The fourth-order valence-corrected chi connectivity index (χ4v) is 1.85. The van der Waals surface area contributed by atoms with Crippen molar-refractivity contribution in [3.63, 3.8) is 0 Å². The molecule has 0 saturated heterocycles. The number of rotatable bonds is 4. The molecule has 0 heterocycles. The van der Waals surface area contributed by atoms with Crippen molar-refractivity contribution in [3.05, 3.63) is 29.3 Å². The molecule has 1 atom stereocenters. The third kappa shape index (κ3) is 2.61. The number of anilines is 1. The quantitative estimate of drug-likeness (QED) is 0.697. The van der Waals surface area contributed by atoms with Crippen molar-refractivity contribution >= 4 is 17.6 Å². The minimum atomic E-state index is -0.974. The highest BCUT2D eigenvalue weighted by Crippen LogP contribution is 2.32. The zero-order valence-electron chi connectivity index (χ0n) is 10.1. The Morgan fingerprint density at radius 1 is 1.44 bits per heavy atom. The number of benzene rings is 1. The first-order valence-corrected chi connectivity index (χ1v) is 5.89. The first kappa shape index (κ1) is 12.4. The highest BCUT2D eigenvalue weighted by Gasteiger charge is 2.37. The third-order valence-electron chi connectivity index (χ3n) is 3.18. The van der Waals surface area contributed by atoms with Crippen LogP contribution < -0.4 is 11.1 Å². The van der Waals surface area contributed by atoms with Gasteiger partial charge in [0.25, 0.3) is 5.91 Å². The Kier molecular flexibility index (Phi) is 3.23. The van der Waals surface area contributed by atoms with Crippen molar-refractivity contribution in [2.45, 2.75) is 25.8 Å². The number of carbonyl (C=O) groups is 2. The van der Waals surface area contributed by atoms with E-state index in [0.717, 1.165) is 18.4 Å². The van der Waals surface area contributed by atoms with Gasteiger partial charge in [0, 0.05) is 11.3 Å². The summed E-state index contributed by atoms with van der Waals surface area (Å²) in [5.41, 5.74) is 7.53. The Balaban J connectivity index is 2.10. The van der Waals surface area contributed by atoms with Gasteiger partial charge in [-0.25, -0.2) is 4.79 Å². The van der Waals surface area contributed by atoms with Gasteiger partial charge in [-0.15, -0.1) is 0 Å². The summed E-state index contributed by atoms with van der Waals surface area (Å²) in [6.07, 6.45) is 1.72. The Labute approximate surface area is 105 Å². The van der Waals surface area contributed by atoms with Crippen LogP contribution in [0.25, 0.3) is 0 Å². The van der Waals surface area contributed by atoms with Gasteiger partial charge >= 0.3 is 5.97 Å². The number of nitrogens with two attached hydrogens (primary N) is 1. The molecule has 1 aliphatic carbocycles. The standard InChI is InChI=1S/C13H16N2O3/c1-7-6-9(4-5-10(7)14)12(16)15-11(13(17)18)8-2-3-8/h4-6,8,11H,2-3,14H2,1H3,(H,15,16)(H,17,18). The van der Waals surface area contributed by atoms with Gasteiger partial charge in [-0.1, -0.05) is 0 Å². The highest BCUT2D eigenvalue weighted by atomic mass is 16.4. The van der Waals surface area contributed by atoms with Crippen LogP contribution in [0.1, 0.15) is 28.8 Å². The van der Waals surface area contributed by atoms with Crippen molar-refractivity contribution in [1.29, 1.82) is 0 Å². The first-order chi connectivity index (χ1) is 8.49. The number of carboxylic acid groups (broad SMARTS) is 1. The number of carbonyl (C=O) groups excluding carboxylic acids is 1. The highest BCUT2D eigenvalue weighted by molar-refractivity contribution is 5.97. The van der Waals surface area contributed by atoms with Crippen molar-refractivity contribution in [3.8, 4) is 0 Å². The minimum absolute atomic E-state index is 0.0707. The van der Waals surface area contributed by atoms with Gasteiger partial charge in [-0.2, -0.15) is 0 Å². The Bertz CT molecular complexity index is 495. The van der Waals surface area contributed by atoms with Crippen molar-refractivity contribution < 1.29 is 14.7 Å². The van der Waals surface area contributed by atoms with E-state index in [1.165, 1.54) is 0 Å². The van der Waals surface area contributed by atoms with Crippen LogP contribution >= 0.6 is 0 Å². The second-order valence-electron chi connectivity index (χ2n) is 4.70. The summed E-state index contributed by atoms with van der Waals surface area (Å²) < 4.78 is 0. The molecule has 1 unspecified atom stereocenters. The Morgan fingerprint density at radius 2 is 2.11 bits per heavy atom. The molecule has 0 aromatic heterocycles. The molecule has 0 aliphatic heterocycles. The van der Waals surface area contributed by atoms with Crippen molar-refractivity contribution in [2.24, 2.45) is 5.92 Å². The fraction of sp³-hybridized carbons (Fsp3) is 0.385. The number of aliphatic carboxylic acids is 1. The molecule has 1 amide bonds. The summed E-state index contributed by atoms with van der Waals surface area (Å²) in [6.45, 7) is 1.81. The summed E-state index contributed by atoms with van der Waals surface area (Å²) in [4.78, 5) is 23.0. The van der Waals surface area contributed by atoms with Gasteiger partial charge in [0.05, 0.1) is 0 Å². The van der Waals surface area contributed by atoms with Crippen LogP contribution in [0.3, 0.4) is 0 Å². The molecule has 5 heteroatoms. The molecule has 1 aromatic carbocycles. The molecule has 4 N–H and O–H groups in total. The van der Waals surface area contributed by atoms with Crippen LogP contribution in [-0.4, -0.2) is 23.0 Å². The first-order valence-electron chi connectivity index (χ1n) is 5.89. The molecule has 1 saturated carbocycles. The van der Waals surface area contributed by atoms with E-state index in [2.05, 4.69) is 5.32 Å². The molecule has 1 fully saturated rings. The molecule has 96 valence electrons. The zero-order chi connectivity index (χ0) is 13.3. The van der Waals surface area contributed by atoms with Gasteiger partial charge in [0.2, 0.25) is 0 Å². The monoisotopic (exact) mass is 248 g/mol. The summed E-state index contributed by atoms with van der Waals surface area (Å²) in [6, 6.07) is 4.13. The van der Waals surface area contributed by atoms with Crippen LogP contribution in [0.5, 0.6) is 0 Å². The van der Waals surface area contributed by atoms with Crippen LogP contribution in [0.4, 0.5) is 5.69 Å². The molecular weight excluding hydrogens is 232 g/mol. The topological polar surface area (TPSA) is 92.4 Å². The smallest absolute Gasteiger partial charge is 0.326 e. The van der Waals surface area contributed by atoms with Gasteiger partial charge in [-0.3, -0.25) is 4.79 Å². The lowest BCUT2D eigenvalue weighted by molar-refractivity contribution is -0.139. The van der Waals surface area contributed by atoms with E-state index >= 15 is 0 Å². The number of aryl methyl sites for hydroxylation is 1. The predicted molar refractivity (Wildman–Crippen MR) is 67.2 cm³/mol. The lowest BCUT2D eigenvalue weighted by Crippen LogP contribution is -2.42. The van der Waals surface area contributed by atoms with E-state index in [1.54, 1.807) is 18.2 Å². The molecule has 2 rings (SSSR count). The molecule has 18 heavy (non-hydrogen) atoms. The maximum Gasteiger partial charge on any atom is 0.326 e. The largest absolute Gasteiger partial charge is 0.480 e. The average Bonchev–Trinajstić information content (AvgIpc) is 3.13. The Hall–Kier alpha value is -2.04. The zero-order valence-corrected chi connectivity index (χ0v) is 10.1. The number of amides is 1. The van der Waals surface area contributed by atoms with Crippen molar-refractivity contribution in [2.75, 3.05) is 5.73 Å². The number of carboxylic acids is 1. The number of nitrogen functional groups attached to an aromatic ring is 1. The van der Waals surface area contributed by atoms with E-state index in [1.807, 2.05) is 6.92 Å². The Morgan fingerprint density at radius 3 is 2.61 bits per heavy atom. The molecular formula is C13H16N2O3. The van der Waals surface area contributed by atoms with Gasteiger partial charge in [0.1, 0.15) is 6.04 Å². The van der Waals surface area contributed by atoms with Gasteiger partial charge in [0.15, 0.2) is 0 Å².